The van der Waals surface area contributed by atoms with Crippen LogP contribution in [0.5, 0.6) is 5.75 Å². The molecule has 0 saturated carbocycles. The number of nitrogens with two attached hydrogens (primary N) is 1. The van der Waals surface area contributed by atoms with E-state index in [4.69, 9.17) is 5.73 Å². The van der Waals surface area contributed by atoms with E-state index >= 15 is 0 Å². The molecule has 4 aromatic rings. The maximum atomic E-state index is 13.4. The van der Waals surface area contributed by atoms with Gasteiger partial charge in [-0.2, -0.15) is 5.10 Å². The van der Waals surface area contributed by atoms with E-state index in [0.717, 1.165) is 6.07 Å². The molecule has 4 rings (SSSR count). The fourth-order valence-corrected chi connectivity index (χ4v) is 2.66. The monoisotopic (exact) mass is 298 g/mol. The summed E-state index contributed by atoms with van der Waals surface area (Å²) in [4.78, 5) is 8.15. The van der Waals surface area contributed by atoms with Gasteiger partial charge in [-0.15, -0.1) is 0 Å². The molecule has 0 atom stereocenters. The van der Waals surface area contributed by atoms with E-state index in [0.29, 0.717) is 27.8 Å². The average molecular weight is 298 g/mol. The van der Waals surface area contributed by atoms with Crippen molar-refractivity contribution in [3.63, 3.8) is 0 Å². The first-order valence-corrected chi connectivity index (χ1v) is 6.49. The van der Waals surface area contributed by atoms with Gasteiger partial charge >= 0.3 is 0 Å². The molecule has 0 amide bonds. The molecule has 0 saturated heterocycles. The highest BCUT2D eigenvalue weighted by Gasteiger charge is 2.18. The van der Waals surface area contributed by atoms with Gasteiger partial charge < -0.3 is 10.8 Å². The van der Waals surface area contributed by atoms with Crippen LogP contribution in [-0.2, 0) is 7.05 Å². The van der Waals surface area contributed by atoms with Crippen LogP contribution < -0.4 is 5.73 Å². The van der Waals surface area contributed by atoms with Gasteiger partial charge in [0.25, 0.3) is 0 Å². The first-order valence-electron chi connectivity index (χ1n) is 6.49. The number of phenolic OH excluding ortho intramolecular Hbond substituents is 1. The molecule has 0 fully saturated rings. The first kappa shape index (κ1) is 12.6. The van der Waals surface area contributed by atoms with E-state index in [9.17, 15) is 9.50 Å². The molecule has 0 spiro atoms. The predicted octanol–water partition coefficient (Wildman–Crippen LogP) is 1.73. The molecule has 8 heteroatoms. The number of nitrogen functional groups attached to an aromatic ring is 1. The van der Waals surface area contributed by atoms with Gasteiger partial charge in [-0.05, 0) is 12.1 Å². The van der Waals surface area contributed by atoms with Crippen molar-refractivity contribution in [3.8, 4) is 11.6 Å². The number of aromatic hydroxyl groups is 1. The van der Waals surface area contributed by atoms with Gasteiger partial charge in [0.1, 0.15) is 29.1 Å². The molecule has 1 aromatic carbocycles. The summed E-state index contributed by atoms with van der Waals surface area (Å²) < 4.78 is 16.6. The van der Waals surface area contributed by atoms with Crippen LogP contribution in [0.1, 0.15) is 0 Å². The summed E-state index contributed by atoms with van der Waals surface area (Å²) in [5.41, 5.74) is 6.97. The minimum Gasteiger partial charge on any atom is -0.506 e. The number of hydrogen-bond donors (Lipinski definition) is 2. The number of benzene rings is 1. The Morgan fingerprint density at radius 3 is 2.91 bits per heavy atom. The molecule has 0 bridgehead atoms. The second-order valence-corrected chi connectivity index (χ2v) is 4.95. The number of rotatable bonds is 1. The van der Waals surface area contributed by atoms with Crippen molar-refractivity contribution < 1.29 is 9.50 Å². The highest BCUT2D eigenvalue weighted by atomic mass is 19.1. The lowest BCUT2D eigenvalue weighted by Gasteiger charge is -2.05. The molecule has 0 unspecified atom stereocenters. The lowest BCUT2D eigenvalue weighted by atomic mass is 10.2. The van der Waals surface area contributed by atoms with E-state index in [1.54, 1.807) is 28.6 Å². The second kappa shape index (κ2) is 4.17. The largest absolute Gasteiger partial charge is 0.506 e. The van der Waals surface area contributed by atoms with E-state index < -0.39 is 5.82 Å². The SMILES string of the molecule is Cn1nc(-n2ccc3cc(F)cc(O)c32)c2c(N)ncnc21. The molecule has 22 heavy (non-hydrogen) atoms. The smallest absolute Gasteiger partial charge is 0.172 e. The number of aromatic nitrogens is 5. The van der Waals surface area contributed by atoms with Crippen molar-refractivity contribution in [3.05, 3.63) is 36.5 Å². The van der Waals surface area contributed by atoms with E-state index in [1.807, 2.05) is 0 Å². The third kappa shape index (κ3) is 1.57. The molecule has 0 radical (unpaired) electrons. The molecule has 3 N–H and O–H groups in total. The van der Waals surface area contributed by atoms with Crippen molar-refractivity contribution in [2.75, 3.05) is 5.73 Å². The van der Waals surface area contributed by atoms with Crippen molar-refractivity contribution in [2.45, 2.75) is 0 Å². The van der Waals surface area contributed by atoms with Gasteiger partial charge in [-0.1, -0.05) is 0 Å². The third-order valence-electron chi connectivity index (χ3n) is 3.59. The Labute approximate surface area is 123 Å². The third-order valence-corrected chi connectivity index (χ3v) is 3.59. The van der Waals surface area contributed by atoms with E-state index in [1.165, 1.54) is 12.4 Å². The van der Waals surface area contributed by atoms with Gasteiger partial charge in [0.15, 0.2) is 11.5 Å². The van der Waals surface area contributed by atoms with Crippen molar-refractivity contribution in [1.82, 2.24) is 24.3 Å². The van der Waals surface area contributed by atoms with Crippen LogP contribution >= 0.6 is 0 Å². The van der Waals surface area contributed by atoms with E-state index in [-0.39, 0.29) is 11.6 Å². The standard InChI is InChI=1S/C14H11FN6O/c1-20-13-10(12(16)17-6-18-13)14(19-20)21-3-2-7-4-8(15)5-9(22)11(7)21/h2-6,22H,1H3,(H2,16,17,18). The molecular formula is C14H11FN6O. The summed E-state index contributed by atoms with van der Waals surface area (Å²) in [5, 5.41) is 15.6. The van der Waals surface area contributed by atoms with Gasteiger partial charge in [-0.25, -0.2) is 19.0 Å². The number of halogens is 1. The Balaban J connectivity index is 2.13. The minimum atomic E-state index is -0.503. The quantitative estimate of drug-likeness (QED) is 0.558. The Kier molecular flexibility index (Phi) is 2.38. The minimum absolute atomic E-state index is 0.172. The summed E-state index contributed by atoms with van der Waals surface area (Å²) in [6.45, 7) is 0. The summed E-state index contributed by atoms with van der Waals surface area (Å²) >= 11 is 0. The zero-order valence-electron chi connectivity index (χ0n) is 11.5. The summed E-state index contributed by atoms with van der Waals surface area (Å²) in [6.07, 6.45) is 3.06. The summed E-state index contributed by atoms with van der Waals surface area (Å²) in [5.74, 6) is 0.0924. The fourth-order valence-electron chi connectivity index (χ4n) is 2.66. The molecule has 0 aliphatic rings. The molecule has 7 nitrogen and oxygen atoms in total. The molecular weight excluding hydrogens is 287 g/mol. The fraction of sp³-hybridized carbons (Fsp3) is 0.0714. The molecule has 3 heterocycles. The van der Waals surface area contributed by atoms with Gasteiger partial charge in [0, 0.05) is 24.7 Å². The topological polar surface area (TPSA) is 94.8 Å². The number of aryl methyl sites for hydroxylation is 1. The Bertz CT molecular complexity index is 1030. The van der Waals surface area contributed by atoms with Crippen LogP contribution in [0, 0.1) is 5.82 Å². The number of fused-ring (bicyclic) bond motifs is 2. The molecule has 110 valence electrons. The Morgan fingerprint density at radius 1 is 1.27 bits per heavy atom. The first-order chi connectivity index (χ1) is 10.6. The van der Waals surface area contributed by atoms with Crippen LogP contribution in [0.2, 0.25) is 0 Å². The second-order valence-electron chi connectivity index (χ2n) is 4.95. The Hall–Kier alpha value is -3.16. The lowest BCUT2D eigenvalue weighted by Crippen LogP contribution is -1.97. The van der Waals surface area contributed by atoms with Crippen molar-refractivity contribution in [1.29, 1.82) is 0 Å². The van der Waals surface area contributed by atoms with Crippen molar-refractivity contribution >= 4 is 27.8 Å². The van der Waals surface area contributed by atoms with Gasteiger partial charge in [0.2, 0.25) is 0 Å². The van der Waals surface area contributed by atoms with Crippen LogP contribution in [0.3, 0.4) is 0 Å². The number of phenols is 1. The zero-order valence-corrected chi connectivity index (χ0v) is 11.5. The van der Waals surface area contributed by atoms with Gasteiger partial charge in [0.05, 0.1) is 5.52 Å². The maximum Gasteiger partial charge on any atom is 0.172 e. The molecule has 3 aromatic heterocycles. The van der Waals surface area contributed by atoms with Gasteiger partial charge in [-0.3, -0.25) is 4.57 Å². The average Bonchev–Trinajstić information content (AvgIpc) is 3.01. The van der Waals surface area contributed by atoms with Crippen LogP contribution in [0.4, 0.5) is 10.2 Å². The van der Waals surface area contributed by atoms with Crippen molar-refractivity contribution in [2.24, 2.45) is 7.05 Å². The summed E-state index contributed by atoms with van der Waals surface area (Å²) in [7, 11) is 1.74. The van der Waals surface area contributed by atoms with Crippen LogP contribution in [-0.4, -0.2) is 29.4 Å². The predicted molar refractivity (Wildman–Crippen MR) is 79.2 cm³/mol. The number of hydrogen-bond acceptors (Lipinski definition) is 5. The lowest BCUT2D eigenvalue weighted by molar-refractivity contribution is 0.473. The molecule has 0 aliphatic heterocycles. The van der Waals surface area contributed by atoms with Crippen LogP contribution in [0.15, 0.2) is 30.7 Å². The normalized spacial score (nSPS) is 11.5. The molecule has 0 aliphatic carbocycles. The number of anilines is 1. The summed E-state index contributed by atoms with van der Waals surface area (Å²) in [6, 6.07) is 4.10. The highest BCUT2D eigenvalue weighted by molar-refractivity contribution is 5.95. The number of nitrogens with zero attached hydrogens (tertiary/aromatic N) is 5. The van der Waals surface area contributed by atoms with E-state index in [2.05, 4.69) is 15.1 Å². The zero-order chi connectivity index (χ0) is 15.4. The van der Waals surface area contributed by atoms with Crippen LogP contribution in [0.25, 0.3) is 27.8 Å². The Morgan fingerprint density at radius 2 is 2.09 bits per heavy atom. The highest BCUT2D eigenvalue weighted by Crippen LogP contribution is 2.32. The maximum absolute atomic E-state index is 13.4.